The number of nitrogens with two attached hydrogens (primary N) is 1. The second-order valence-electron chi connectivity index (χ2n) is 6.50. The summed E-state index contributed by atoms with van der Waals surface area (Å²) in [6.45, 7) is 8.14. The van der Waals surface area contributed by atoms with E-state index in [2.05, 4.69) is 30.5 Å². The topological polar surface area (TPSA) is 29.3 Å². The van der Waals surface area contributed by atoms with Crippen molar-refractivity contribution in [2.75, 3.05) is 25.4 Å². The monoisotopic (exact) mass is 284 g/mol. The molecule has 112 valence electrons. The van der Waals surface area contributed by atoms with E-state index in [-0.39, 0.29) is 0 Å². The number of thioether (sulfide) groups is 1. The van der Waals surface area contributed by atoms with E-state index in [0.29, 0.717) is 10.8 Å². The van der Waals surface area contributed by atoms with E-state index in [1.807, 2.05) is 0 Å². The number of nitrogens with zero attached hydrogens (tertiary/aromatic N) is 1. The molecule has 0 amide bonds. The van der Waals surface area contributed by atoms with Crippen molar-refractivity contribution in [3.05, 3.63) is 0 Å². The Bertz CT molecular complexity index is 271. The van der Waals surface area contributed by atoms with Crippen LogP contribution in [-0.2, 0) is 0 Å². The first-order valence-corrected chi connectivity index (χ1v) is 9.34. The van der Waals surface area contributed by atoms with E-state index in [4.69, 9.17) is 5.73 Å². The molecule has 0 saturated carbocycles. The first-order valence-electron chi connectivity index (χ1n) is 8.29. The maximum Gasteiger partial charge on any atom is 0.0447 e. The van der Waals surface area contributed by atoms with Crippen LogP contribution in [0, 0.1) is 5.92 Å². The van der Waals surface area contributed by atoms with Crippen LogP contribution < -0.4 is 5.73 Å². The Morgan fingerprint density at radius 2 is 2.11 bits per heavy atom. The van der Waals surface area contributed by atoms with Gasteiger partial charge in [-0.3, -0.25) is 4.90 Å². The summed E-state index contributed by atoms with van der Waals surface area (Å²) in [4.78, 5) is 2.78. The molecule has 3 atom stereocenters. The number of rotatable bonds is 4. The third-order valence-electron chi connectivity index (χ3n) is 5.41. The van der Waals surface area contributed by atoms with Crippen molar-refractivity contribution in [2.45, 2.75) is 69.6 Å². The lowest BCUT2D eigenvalue weighted by Crippen LogP contribution is -2.61. The van der Waals surface area contributed by atoms with Gasteiger partial charge in [-0.15, -0.1) is 0 Å². The first-order chi connectivity index (χ1) is 9.23. The van der Waals surface area contributed by atoms with Gasteiger partial charge in [-0.05, 0) is 56.9 Å². The van der Waals surface area contributed by atoms with Crippen LogP contribution in [-0.4, -0.2) is 41.1 Å². The minimum absolute atomic E-state index is 0.296. The molecule has 0 aromatic heterocycles. The summed E-state index contributed by atoms with van der Waals surface area (Å²) >= 11 is 2.14. The SMILES string of the molecule is CCCC1CCCN(C2(CN)CCCSC2C)CC1. The molecule has 2 nitrogen and oxygen atoms in total. The highest BCUT2D eigenvalue weighted by atomic mass is 32.2. The van der Waals surface area contributed by atoms with Crippen LogP contribution in [0.4, 0.5) is 0 Å². The van der Waals surface area contributed by atoms with E-state index in [0.717, 1.165) is 12.5 Å². The van der Waals surface area contributed by atoms with Crippen LogP contribution in [0.15, 0.2) is 0 Å². The molecule has 2 rings (SSSR count). The summed E-state index contributed by atoms with van der Waals surface area (Å²) in [6, 6.07) is 0. The highest BCUT2D eigenvalue weighted by Gasteiger charge is 2.42. The molecule has 3 unspecified atom stereocenters. The standard InChI is InChI=1S/C16H32N2S/c1-3-6-15-7-4-10-18(11-8-15)16(13-17)9-5-12-19-14(16)2/h14-15H,3-13,17H2,1-2H3. The van der Waals surface area contributed by atoms with Gasteiger partial charge in [0.05, 0.1) is 0 Å². The molecule has 3 heteroatoms. The molecule has 2 aliphatic rings. The quantitative estimate of drug-likeness (QED) is 0.857. The van der Waals surface area contributed by atoms with Crippen molar-refractivity contribution < 1.29 is 0 Å². The Balaban J connectivity index is 2.02. The lowest BCUT2D eigenvalue weighted by Gasteiger charge is -2.49. The van der Waals surface area contributed by atoms with Crippen LogP contribution in [0.3, 0.4) is 0 Å². The minimum Gasteiger partial charge on any atom is -0.329 e. The van der Waals surface area contributed by atoms with Gasteiger partial charge in [0.15, 0.2) is 0 Å². The molecular formula is C16H32N2S. The second-order valence-corrected chi connectivity index (χ2v) is 7.95. The van der Waals surface area contributed by atoms with Crippen molar-refractivity contribution in [3.8, 4) is 0 Å². The van der Waals surface area contributed by atoms with Crippen LogP contribution in [0.2, 0.25) is 0 Å². The molecule has 0 spiro atoms. The van der Waals surface area contributed by atoms with Crippen molar-refractivity contribution in [1.82, 2.24) is 4.90 Å². The van der Waals surface area contributed by atoms with Crippen molar-refractivity contribution in [3.63, 3.8) is 0 Å². The van der Waals surface area contributed by atoms with Gasteiger partial charge >= 0.3 is 0 Å². The fourth-order valence-electron chi connectivity index (χ4n) is 4.12. The van der Waals surface area contributed by atoms with Gasteiger partial charge in [-0.1, -0.05) is 26.7 Å². The first kappa shape index (κ1) is 15.7. The van der Waals surface area contributed by atoms with Crippen molar-refractivity contribution in [1.29, 1.82) is 0 Å². The van der Waals surface area contributed by atoms with Crippen molar-refractivity contribution in [2.24, 2.45) is 11.7 Å². The maximum absolute atomic E-state index is 6.25. The summed E-state index contributed by atoms with van der Waals surface area (Å²) in [5, 5.41) is 0.703. The second kappa shape index (κ2) is 7.33. The summed E-state index contributed by atoms with van der Waals surface area (Å²) in [6.07, 6.45) is 9.65. The lowest BCUT2D eigenvalue weighted by molar-refractivity contribution is 0.0842. The molecule has 0 aromatic rings. The van der Waals surface area contributed by atoms with Crippen molar-refractivity contribution >= 4 is 11.8 Å². The Hall–Kier alpha value is 0.270. The maximum atomic E-state index is 6.25. The summed E-state index contributed by atoms with van der Waals surface area (Å²) in [7, 11) is 0. The Kier molecular flexibility index (Phi) is 6.04. The fraction of sp³-hybridized carbons (Fsp3) is 1.00. The smallest absolute Gasteiger partial charge is 0.0447 e. The highest BCUT2D eigenvalue weighted by molar-refractivity contribution is 8.00. The normalized spacial score (nSPS) is 38.1. The van der Waals surface area contributed by atoms with Gasteiger partial charge in [0.25, 0.3) is 0 Å². The van der Waals surface area contributed by atoms with E-state index < -0.39 is 0 Å². The van der Waals surface area contributed by atoms with Gasteiger partial charge in [-0.2, -0.15) is 11.8 Å². The predicted octanol–water partition coefficient (Wildman–Crippen LogP) is 3.50. The molecule has 2 fully saturated rings. The summed E-state index contributed by atoms with van der Waals surface area (Å²) in [5.74, 6) is 2.30. The van der Waals surface area contributed by atoms with Crippen LogP contribution in [0.25, 0.3) is 0 Å². The third-order valence-corrected chi connectivity index (χ3v) is 6.87. The van der Waals surface area contributed by atoms with Gasteiger partial charge in [0.2, 0.25) is 0 Å². The molecule has 2 aliphatic heterocycles. The van der Waals surface area contributed by atoms with Crippen LogP contribution >= 0.6 is 11.8 Å². The average molecular weight is 285 g/mol. The molecule has 0 bridgehead atoms. The molecule has 2 saturated heterocycles. The number of likely N-dealkylation sites (tertiary alicyclic amines) is 1. The summed E-state index contributed by atoms with van der Waals surface area (Å²) < 4.78 is 0. The number of hydrogen-bond acceptors (Lipinski definition) is 3. The Morgan fingerprint density at radius 3 is 2.79 bits per heavy atom. The molecule has 0 aliphatic carbocycles. The number of hydrogen-bond donors (Lipinski definition) is 1. The molecule has 2 N–H and O–H groups in total. The molecule has 19 heavy (non-hydrogen) atoms. The van der Waals surface area contributed by atoms with E-state index in [1.165, 1.54) is 63.8 Å². The zero-order chi connectivity index (χ0) is 13.7. The van der Waals surface area contributed by atoms with Gasteiger partial charge in [-0.25, -0.2) is 0 Å². The lowest BCUT2D eigenvalue weighted by atomic mass is 9.87. The van der Waals surface area contributed by atoms with Gasteiger partial charge in [0, 0.05) is 17.3 Å². The summed E-state index contributed by atoms with van der Waals surface area (Å²) in [5.41, 5.74) is 6.54. The van der Waals surface area contributed by atoms with E-state index in [1.54, 1.807) is 0 Å². The van der Waals surface area contributed by atoms with Gasteiger partial charge in [0.1, 0.15) is 0 Å². The van der Waals surface area contributed by atoms with E-state index in [9.17, 15) is 0 Å². The average Bonchev–Trinajstić information content (AvgIpc) is 2.66. The molecule has 0 aromatic carbocycles. The zero-order valence-corrected chi connectivity index (χ0v) is 13.7. The Labute approximate surface area is 123 Å². The predicted molar refractivity (Wildman–Crippen MR) is 86.8 cm³/mol. The fourth-order valence-corrected chi connectivity index (χ4v) is 5.45. The third kappa shape index (κ3) is 3.48. The largest absolute Gasteiger partial charge is 0.329 e. The molecule has 2 heterocycles. The zero-order valence-electron chi connectivity index (χ0n) is 12.9. The Morgan fingerprint density at radius 1 is 1.26 bits per heavy atom. The van der Waals surface area contributed by atoms with Crippen LogP contribution in [0.5, 0.6) is 0 Å². The molecular weight excluding hydrogens is 252 g/mol. The van der Waals surface area contributed by atoms with Gasteiger partial charge < -0.3 is 5.73 Å². The van der Waals surface area contributed by atoms with Crippen LogP contribution in [0.1, 0.15) is 58.8 Å². The highest BCUT2D eigenvalue weighted by Crippen LogP contribution is 2.39. The van der Waals surface area contributed by atoms with E-state index >= 15 is 0 Å². The molecule has 0 radical (unpaired) electrons. The minimum atomic E-state index is 0.296.